The third-order valence-corrected chi connectivity index (χ3v) is 4.45. The Balaban J connectivity index is 1.68. The number of piperazine rings is 1. The van der Waals surface area contributed by atoms with Gasteiger partial charge in [-0.2, -0.15) is 9.40 Å². The fraction of sp³-hybridized carbons (Fsp3) is 0.700. The molecule has 0 spiro atoms. The van der Waals surface area contributed by atoms with Crippen LogP contribution in [0.15, 0.2) is 6.33 Å². The van der Waals surface area contributed by atoms with Crippen LogP contribution in [0.2, 0.25) is 0 Å². The van der Waals surface area contributed by atoms with Gasteiger partial charge in [0, 0.05) is 39.3 Å². The first-order chi connectivity index (χ1) is 9.47. The average Bonchev–Trinajstić information content (AvgIpc) is 2.92. The molecule has 9 nitrogen and oxygen atoms in total. The van der Waals surface area contributed by atoms with E-state index in [0.29, 0.717) is 39.3 Å². The van der Waals surface area contributed by atoms with Gasteiger partial charge in [0.05, 0.1) is 6.26 Å². The maximum Gasteiger partial charge on any atom is 0.288 e. The van der Waals surface area contributed by atoms with Crippen molar-refractivity contribution in [1.29, 1.82) is 0 Å². The van der Waals surface area contributed by atoms with Crippen molar-refractivity contribution in [2.45, 2.75) is 0 Å². The largest absolute Gasteiger partial charge is 0.348 e. The molecule has 1 amide bonds. The highest BCUT2D eigenvalue weighted by Gasteiger charge is 2.23. The normalized spacial score (nSPS) is 18.1. The lowest BCUT2D eigenvalue weighted by atomic mass is 10.3. The van der Waals surface area contributed by atoms with E-state index in [4.69, 9.17) is 0 Å². The minimum absolute atomic E-state index is 0.187. The number of sulfonamides is 1. The summed E-state index contributed by atoms with van der Waals surface area (Å²) >= 11 is 0. The zero-order chi connectivity index (χ0) is 14.6. The Bertz CT molecular complexity index is 535. The van der Waals surface area contributed by atoms with E-state index in [9.17, 15) is 13.2 Å². The Morgan fingerprint density at radius 1 is 1.40 bits per heavy atom. The van der Waals surface area contributed by atoms with Gasteiger partial charge < -0.3 is 5.32 Å². The lowest BCUT2D eigenvalue weighted by molar-refractivity contribution is 0.0935. The van der Waals surface area contributed by atoms with Crippen molar-refractivity contribution < 1.29 is 13.2 Å². The first-order valence-corrected chi connectivity index (χ1v) is 8.12. The van der Waals surface area contributed by atoms with E-state index in [2.05, 4.69) is 25.4 Å². The number of hydrogen-bond donors (Lipinski definition) is 2. The highest BCUT2D eigenvalue weighted by atomic mass is 32.2. The van der Waals surface area contributed by atoms with Crippen LogP contribution in [0.1, 0.15) is 10.6 Å². The van der Waals surface area contributed by atoms with Gasteiger partial charge in [-0.3, -0.25) is 14.8 Å². The minimum atomic E-state index is -3.10. The Hall–Kier alpha value is -1.52. The van der Waals surface area contributed by atoms with Crippen molar-refractivity contribution >= 4 is 15.9 Å². The van der Waals surface area contributed by atoms with Crippen molar-refractivity contribution in [2.75, 3.05) is 45.5 Å². The lowest BCUT2D eigenvalue weighted by Crippen LogP contribution is -2.49. The van der Waals surface area contributed by atoms with Crippen LogP contribution in [0.25, 0.3) is 0 Å². The monoisotopic (exact) mass is 302 g/mol. The Morgan fingerprint density at radius 2 is 2.10 bits per heavy atom. The van der Waals surface area contributed by atoms with Crippen LogP contribution in [0, 0.1) is 0 Å². The molecule has 1 fully saturated rings. The number of amides is 1. The molecule has 0 aliphatic carbocycles. The second-order valence-electron chi connectivity index (χ2n) is 4.59. The second-order valence-corrected chi connectivity index (χ2v) is 6.58. The number of rotatable bonds is 5. The highest BCUT2D eigenvalue weighted by molar-refractivity contribution is 7.88. The van der Waals surface area contributed by atoms with Gasteiger partial charge in [0.25, 0.3) is 5.91 Å². The standard InChI is InChI=1S/C10H18N6O3S/c1-20(18,19)16-6-4-15(5-7-16)3-2-11-10(17)9-12-8-13-14-9/h8H,2-7H2,1H3,(H,11,17)(H,12,13,14). The third-order valence-electron chi connectivity index (χ3n) is 3.14. The summed E-state index contributed by atoms with van der Waals surface area (Å²) in [6.45, 7) is 3.50. The quantitative estimate of drug-likeness (QED) is 0.658. The number of carbonyl (C=O) groups excluding carboxylic acids is 1. The third kappa shape index (κ3) is 3.99. The van der Waals surface area contributed by atoms with Crippen LogP contribution >= 0.6 is 0 Å². The Labute approximate surface area is 117 Å². The van der Waals surface area contributed by atoms with Crippen LogP contribution in [-0.4, -0.2) is 84.2 Å². The lowest BCUT2D eigenvalue weighted by Gasteiger charge is -2.33. The van der Waals surface area contributed by atoms with Gasteiger partial charge in [-0.25, -0.2) is 13.4 Å². The van der Waals surface area contributed by atoms with E-state index in [1.165, 1.54) is 16.9 Å². The van der Waals surface area contributed by atoms with Gasteiger partial charge in [-0.15, -0.1) is 0 Å². The number of carbonyl (C=O) groups is 1. The molecule has 10 heteroatoms. The molecule has 1 saturated heterocycles. The van der Waals surface area contributed by atoms with Crippen molar-refractivity contribution in [3.05, 3.63) is 12.2 Å². The molecule has 1 aliphatic heterocycles. The van der Waals surface area contributed by atoms with Crippen molar-refractivity contribution in [2.24, 2.45) is 0 Å². The molecule has 0 saturated carbocycles. The summed E-state index contributed by atoms with van der Waals surface area (Å²) in [7, 11) is -3.10. The number of hydrogen-bond acceptors (Lipinski definition) is 6. The zero-order valence-corrected chi connectivity index (χ0v) is 12.1. The van der Waals surface area contributed by atoms with E-state index in [0.717, 1.165) is 0 Å². The summed E-state index contributed by atoms with van der Waals surface area (Å²) in [5, 5.41) is 8.82. The molecule has 0 atom stereocenters. The first-order valence-electron chi connectivity index (χ1n) is 6.28. The van der Waals surface area contributed by atoms with Gasteiger partial charge in [-0.05, 0) is 0 Å². The summed E-state index contributed by atoms with van der Waals surface area (Å²) < 4.78 is 24.2. The molecule has 0 unspecified atom stereocenters. The molecular weight excluding hydrogens is 284 g/mol. The summed E-state index contributed by atoms with van der Waals surface area (Å²) in [4.78, 5) is 17.4. The molecule has 2 heterocycles. The first kappa shape index (κ1) is 14.9. The number of nitrogens with one attached hydrogen (secondary N) is 2. The molecule has 1 aliphatic rings. The average molecular weight is 302 g/mol. The molecule has 1 aromatic rings. The summed E-state index contributed by atoms with van der Waals surface area (Å²) in [5.41, 5.74) is 0. The summed E-state index contributed by atoms with van der Waals surface area (Å²) in [6, 6.07) is 0. The topological polar surface area (TPSA) is 111 Å². The fourth-order valence-electron chi connectivity index (χ4n) is 2.01. The molecule has 0 bridgehead atoms. The Kier molecular flexibility index (Phi) is 4.68. The molecule has 1 aromatic heterocycles. The van der Waals surface area contributed by atoms with E-state index in [-0.39, 0.29) is 11.7 Å². The molecule has 0 aromatic carbocycles. The van der Waals surface area contributed by atoms with Gasteiger partial charge in [0.15, 0.2) is 0 Å². The van der Waals surface area contributed by atoms with Gasteiger partial charge in [0.1, 0.15) is 6.33 Å². The number of aromatic amines is 1. The zero-order valence-electron chi connectivity index (χ0n) is 11.2. The van der Waals surface area contributed by atoms with Crippen LogP contribution in [0.3, 0.4) is 0 Å². The van der Waals surface area contributed by atoms with Crippen molar-refractivity contribution in [3.63, 3.8) is 0 Å². The highest BCUT2D eigenvalue weighted by Crippen LogP contribution is 2.05. The maximum atomic E-state index is 11.6. The number of nitrogens with zero attached hydrogens (tertiary/aromatic N) is 4. The summed E-state index contributed by atoms with van der Waals surface area (Å²) in [6.07, 6.45) is 2.50. The van der Waals surface area contributed by atoms with Gasteiger partial charge >= 0.3 is 0 Å². The Morgan fingerprint density at radius 3 is 2.65 bits per heavy atom. The van der Waals surface area contributed by atoms with Crippen molar-refractivity contribution in [1.82, 2.24) is 29.7 Å². The minimum Gasteiger partial charge on any atom is -0.348 e. The number of aromatic nitrogens is 3. The van der Waals surface area contributed by atoms with Crippen LogP contribution in [0.5, 0.6) is 0 Å². The molecule has 2 rings (SSSR count). The predicted octanol–water partition coefficient (Wildman–Crippen LogP) is -1.89. The smallest absolute Gasteiger partial charge is 0.288 e. The summed E-state index contributed by atoms with van der Waals surface area (Å²) in [5.74, 6) is -0.107. The van der Waals surface area contributed by atoms with Crippen LogP contribution in [-0.2, 0) is 10.0 Å². The van der Waals surface area contributed by atoms with Crippen LogP contribution in [0.4, 0.5) is 0 Å². The molecule has 0 radical (unpaired) electrons. The fourth-order valence-corrected chi connectivity index (χ4v) is 2.84. The van der Waals surface area contributed by atoms with Gasteiger partial charge in [0.2, 0.25) is 15.8 Å². The van der Waals surface area contributed by atoms with Crippen molar-refractivity contribution in [3.8, 4) is 0 Å². The SMILES string of the molecule is CS(=O)(=O)N1CCN(CCNC(=O)c2ncn[nH]2)CC1. The van der Waals surface area contributed by atoms with E-state index >= 15 is 0 Å². The van der Waals surface area contributed by atoms with E-state index in [1.807, 2.05) is 0 Å². The molecule has 2 N–H and O–H groups in total. The number of H-pyrrole nitrogens is 1. The molecule has 20 heavy (non-hydrogen) atoms. The van der Waals surface area contributed by atoms with E-state index < -0.39 is 10.0 Å². The molecule has 112 valence electrons. The predicted molar refractivity (Wildman–Crippen MR) is 71.6 cm³/mol. The molecular formula is C10H18N6O3S. The van der Waals surface area contributed by atoms with Crippen LogP contribution < -0.4 is 5.32 Å². The second kappa shape index (κ2) is 6.29. The maximum absolute atomic E-state index is 11.6. The van der Waals surface area contributed by atoms with E-state index in [1.54, 1.807) is 0 Å². The van der Waals surface area contributed by atoms with Gasteiger partial charge in [-0.1, -0.05) is 0 Å².